The molecule has 2 rings (SSSR count). The summed E-state index contributed by atoms with van der Waals surface area (Å²) < 4.78 is 0.0453. The average molecular weight is 206 g/mol. The first-order chi connectivity index (χ1) is 6.57. The Bertz CT molecular complexity index is 368. The van der Waals surface area contributed by atoms with E-state index in [-0.39, 0.29) is 4.75 Å². The lowest BCUT2D eigenvalue weighted by Crippen LogP contribution is -2.18. The molecule has 1 nitrogen and oxygen atoms in total. The van der Waals surface area contributed by atoms with Gasteiger partial charge in [-0.1, -0.05) is 36.0 Å². The van der Waals surface area contributed by atoms with Gasteiger partial charge >= 0.3 is 0 Å². The van der Waals surface area contributed by atoms with Crippen molar-refractivity contribution in [3.05, 3.63) is 35.4 Å². The third-order valence-corrected chi connectivity index (χ3v) is 3.53. The third kappa shape index (κ3) is 2.01. The molecule has 0 radical (unpaired) electrons. The summed E-state index contributed by atoms with van der Waals surface area (Å²) in [5.74, 6) is 0. The standard InChI is InChI=1S/C12H14OS/c1-12(2)8-10-6-4-3-5-9(10)7-11(13)14-12/h3-6H,7-8H2,1-2H3. The molecule has 2 heteroatoms. The Hall–Kier alpha value is -0.760. The molecular weight excluding hydrogens is 192 g/mol. The second-order valence-electron chi connectivity index (χ2n) is 4.36. The zero-order chi connectivity index (χ0) is 10.2. The van der Waals surface area contributed by atoms with E-state index >= 15 is 0 Å². The molecule has 0 saturated heterocycles. The number of fused-ring (bicyclic) bond motifs is 1. The molecule has 0 fully saturated rings. The van der Waals surface area contributed by atoms with Gasteiger partial charge in [-0.25, -0.2) is 0 Å². The molecule has 0 bridgehead atoms. The molecule has 1 aromatic rings. The number of hydrogen-bond donors (Lipinski definition) is 0. The van der Waals surface area contributed by atoms with Crippen LogP contribution in [-0.4, -0.2) is 9.86 Å². The Balaban J connectivity index is 2.42. The summed E-state index contributed by atoms with van der Waals surface area (Å²) in [6, 6.07) is 8.26. The zero-order valence-corrected chi connectivity index (χ0v) is 9.36. The van der Waals surface area contributed by atoms with Gasteiger partial charge in [0.25, 0.3) is 0 Å². The lowest BCUT2D eigenvalue weighted by atomic mass is 9.96. The second-order valence-corrected chi connectivity index (χ2v) is 6.12. The number of carbonyl (C=O) groups excluding carboxylic acids is 1. The molecule has 0 aliphatic carbocycles. The van der Waals surface area contributed by atoms with E-state index in [1.54, 1.807) is 0 Å². The van der Waals surface area contributed by atoms with Gasteiger partial charge in [0.15, 0.2) is 5.12 Å². The highest BCUT2D eigenvalue weighted by Crippen LogP contribution is 2.34. The van der Waals surface area contributed by atoms with E-state index in [0.29, 0.717) is 11.5 Å². The molecule has 74 valence electrons. The third-order valence-electron chi connectivity index (χ3n) is 2.46. The van der Waals surface area contributed by atoms with Crippen LogP contribution in [-0.2, 0) is 17.6 Å². The first kappa shape index (κ1) is 9.78. The summed E-state index contributed by atoms with van der Waals surface area (Å²) in [5, 5.41) is 0.292. The average Bonchev–Trinajstić information content (AvgIpc) is 2.16. The van der Waals surface area contributed by atoms with Gasteiger partial charge in [-0.05, 0) is 31.4 Å². The van der Waals surface area contributed by atoms with Crippen molar-refractivity contribution in [2.75, 3.05) is 0 Å². The largest absolute Gasteiger partial charge is 0.287 e. The SMILES string of the molecule is CC1(C)Cc2ccccc2CC(=O)S1. The van der Waals surface area contributed by atoms with Crippen LogP contribution in [0.1, 0.15) is 25.0 Å². The van der Waals surface area contributed by atoms with E-state index in [1.807, 2.05) is 6.07 Å². The van der Waals surface area contributed by atoms with Crippen LogP contribution in [0.15, 0.2) is 24.3 Å². The highest BCUT2D eigenvalue weighted by molar-refractivity contribution is 8.14. The van der Waals surface area contributed by atoms with E-state index in [2.05, 4.69) is 32.0 Å². The molecule has 1 aliphatic heterocycles. The predicted octanol–water partition coefficient (Wildman–Crippen LogP) is 2.82. The van der Waals surface area contributed by atoms with Gasteiger partial charge in [0.2, 0.25) is 0 Å². The van der Waals surface area contributed by atoms with E-state index in [1.165, 1.54) is 22.9 Å². The minimum Gasteiger partial charge on any atom is -0.287 e. The molecule has 1 heterocycles. The fourth-order valence-electron chi connectivity index (χ4n) is 1.90. The van der Waals surface area contributed by atoms with E-state index in [4.69, 9.17) is 0 Å². The van der Waals surface area contributed by atoms with Crippen LogP contribution in [0.4, 0.5) is 0 Å². The maximum atomic E-state index is 11.6. The fraction of sp³-hybridized carbons (Fsp3) is 0.417. The monoisotopic (exact) mass is 206 g/mol. The number of hydrogen-bond acceptors (Lipinski definition) is 2. The van der Waals surface area contributed by atoms with Gasteiger partial charge in [0, 0.05) is 11.2 Å². The van der Waals surface area contributed by atoms with Crippen LogP contribution in [0.5, 0.6) is 0 Å². The number of benzene rings is 1. The summed E-state index contributed by atoms with van der Waals surface area (Å²) >= 11 is 1.48. The van der Waals surface area contributed by atoms with Crippen molar-refractivity contribution in [3.8, 4) is 0 Å². The van der Waals surface area contributed by atoms with Gasteiger partial charge in [-0.2, -0.15) is 0 Å². The summed E-state index contributed by atoms with van der Waals surface area (Å²) in [6.45, 7) is 4.27. The maximum Gasteiger partial charge on any atom is 0.193 e. The van der Waals surface area contributed by atoms with Crippen molar-refractivity contribution in [3.63, 3.8) is 0 Å². The fourth-order valence-corrected chi connectivity index (χ4v) is 2.97. The minimum atomic E-state index is 0.0453. The van der Waals surface area contributed by atoms with Crippen molar-refractivity contribution in [1.82, 2.24) is 0 Å². The van der Waals surface area contributed by atoms with Gasteiger partial charge in [-0.3, -0.25) is 4.79 Å². The van der Waals surface area contributed by atoms with Crippen molar-refractivity contribution in [2.45, 2.75) is 31.4 Å². The van der Waals surface area contributed by atoms with Crippen molar-refractivity contribution in [2.24, 2.45) is 0 Å². The number of carbonyl (C=O) groups is 1. The lowest BCUT2D eigenvalue weighted by Gasteiger charge is -2.20. The van der Waals surface area contributed by atoms with Gasteiger partial charge in [0.05, 0.1) is 0 Å². The maximum absolute atomic E-state index is 11.6. The summed E-state index contributed by atoms with van der Waals surface area (Å²) in [4.78, 5) is 11.6. The normalized spacial score (nSPS) is 20.0. The molecule has 1 aromatic carbocycles. The summed E-state index contributed by atoms with van der Waals surface area (Å²) in [5.41, 5.74) is 2.53. The first-order valence-electron chi connectivity index (χ1n) is 4.85. The van der Waals surface area contributed by atoms with Gasteiger partial charge in [-0.15, -0.1) is 0 Å². The van der Waals surface area contributed by atoms with Crippen LogP contribution in [0, 0.1) is 0 Å². The van der Waals surface area contributed by atoms with Crippen molar-refractivity contribution >= 4 is 16.9 Å². The van der Waals surface area contributed by atoms with Crippen LogP contribution in [0.3, 0.4) is 0 Å². The molecule has 0 aromatic heterocycles. The minimum absolute atomic E-state index is 0.0453. The smallest absolute Gasteiger partial charge is 0.193 e. The second kappa shape index (κ2) is 3.43. The predicted molar refractivity (Wildman–Crippen MR) is 60.5 cm³/mol. The van der Waals surface area contributed by atoms with E-state index in [0.717, 1.165) is 6.42 Å². The Kier molecular flexibility index (Phi) is 2.40. The van der Waals surface area contributed by atoms with Gasteiger partial charge in [0.1, 0.15) is 0 Å². The Morgan fingerprint density at radius 3 is 2.57 bits per heavy atom. The Morgan fingerprint density at radius 2 is 1.86 bits per heavy atom. The van der Waals surface area contributed by atoms with E-state index in [9.17, 15) is 4.79 Å². The van der Waals surface area contributed by atoms with Crippen LogP contribution in [0.2, 0.25) is 0 Å². The molecule has 0 spiro atoms. The van der Waals surface area contributed by atoms with Crippen molar-refractivity contribution < 1.29 is 4.79 Å². The van der Waals surface area contributed by atoms with Crippen LogP contribution in [0.25, 0.3) is 0 Å². The highest BCUT2D eigenvalue weighted by atomic mass is 32.2. The van der Waals surface area contributed by atoms with Crippen LogP contribution < -0.4 is 0 Å². The lowest BCUT2D eigenvalue weighted by molar-refractivity contribution is -0.110. The molecule has 14 heavy (non-hydrogen) atoms. The summed E-state index contributed by atoms with van der Waals surface area (Å²) in [6.07, 6.45) is 1.57. The Morgan fingerprint density at radius 1 is 1.21 bits per heavy atom. The molecule has 0 atom stereocenters. The molecule has 0 saturated carbocycles. The van der Waals surface area contributed by atoms with Crippen LogP contribution >= 0.6 is 11.8 Å². The van der Waals surface area contributed by atoms with Gasteiger partial charge < -0.3 is 0 Å². The van der Waals surface area contributed by atoms with Crippen molar-refractivity contribution in [1.29, 1.82) is 0 Å². The highest BCUT2D eigenvalue weighted by Gasteiger charge is 2.28. The quantitative estimate of drug-likeness (QED) is 0.649. The topological polar surface area (TPSA) is 17.1 Å². The molecule has 1 aliphatic rings. The molecule has 0 N–H and O–H groups in total. The molecular formula is C12H14OS. The first-order valence-corrected chi connectivity index (χ1v) is 5.67. The molecule has 0 amide bonds. The number of thioether (sulfide) groups is 1. The van der Waals surface area contributed by atoms with E-state index < -0.39 is 0 Å². The summed E-state index contributed by atoms with van der Waals surface area (Å²) in [7, 11) is 0. The molecule has 0 unspecified atom stereocenters. The number of rotatable bonds is 0. The Labute approximate surface area is 88.9 Å². The zero-order valence-electron chi connectivity index (χ0n) is 8.54.